The Morgan fingerprint density at radius 3 is 0.889 bits per heavy atom. The van der Waals surface area contributed by atoms with Gasteiger partial charge in [-0.2, -0.15) is 0 Å². The SMILES string of the molecule is CC/C=C\C/C=C\C/C=C\C/C=C\CCCCCCCCCCCCCCCCCCCCCCC(=O)OCC(COP(=O)([O-])OCC[N+](C)(C)C)OC(=O)CCCCCCCCCCCCCCCCCCCCCC/C=C\C/C=C\C/C=C\C/C=C\CC. The summed E-state index contributed by atoms with van der Waals surface area (Å²) in [6, 6.07) is 0. The fourth-order valence-corrected chi connectivity index (χ4v) is 11.6. The Hall–Kier alpha value is -3.07. The Bertz CT molecular complexity index is 1840. The van der Waals surface area contributed by atoms with Crippen LogP contribution in [0, 0.1) is 0 Å². The molecule has 522 valence electrons. The van der Waals surface area contributed by atoms with Gasteiger partial charge in [-0.15, -0.1) is 0 Å². The molecule has 0 rings (SSSR count). The number of hydrogen-bond donors (Lipinski definition) is 0. The summed E-state index contributed by atoms with van der Waals surface area (Å²) in [5, 5.41) is 0. The minimum absolute atomic E-state index is 0.0308. The number of allylic oxidation sites excluding steroid dienone is 16. The van der Waals surface area contributed by atoms with Gasteiger partial charge in [0.1, 0.15) is 19.8 Å². The van der Waals surface area contributed by atoms with Crippen molar-refractivity contribution in [3.63, 3.8) is 0 Å². The van der Waals surface area contributed by atoms with Gasteiger partial charge in [-0.1, -0.05) is 342 Å². The number of hydrogen-bond acceptors (Lipinski definition) is 8. The van der Waals surface area contributed by atoms with E-state index in [0.717, 1.165) is 89.9 Å². The number of likely N-dealkylation sites (N-methyl/N-ethyl adjacent to an activating group) is 1. The van der Waals surface area contributed by atoms with Crippen molar-refractivity contribution in [1.82, 2.24) is 0 Å². The van der Waals surface area contributed by atoms with Crippen molar-refractivity contribution in [3.8, 4) is 0 Å². The number of ether oxygens (including phenoxy) is 2. The maximum Gasteiger partial charge on any atom is 0.306 e. The molecule has 2 unspecified atom stereocenters. The molecule has 0 aromatic carbocycles. The van der Waals surface area contributed by atoms with Crippen molar-refractivity contribution in [2.45, 2.75) is 354 Å². The van der Waals surface area contributed by atoms with Crippen molar-refractivity contribution in [3.05, 3.63) is 97.2 Å². The van der Waals surface area contributed by atoms with Crippen LogP contribution in [0.5, 0.6) is 0 Å². The summed E-state index contributed by atoms with van der Waals surface area (Å²) in [6.45, 7) is 4.07. The Kier molecular flexibility index (Phi) is 67.9. The number of carbonyl (C=O) groups excluding carboxylic acids is 2. The molecule has 0 fully saturated rings. The normalized spacial score (nSPS) is 13.6. The molecule has 0 aliphatic rings. The van der Waals surface area contributed by atoms with Crippen LogP contribution in [-0.4, -0.2) is 70.0 Å². The van der Waals surface area contributed by atoms with Gasteiger partial charge in [-0.25, -0.2) is 0 Å². The van der Waals surface area contributed by atoms with E-state index >= 15 is 0 Å². The molecule has 0 N–H and O–H groups in total. The third-order valence-corrected chi connectivity index (χ3v) is 17.6. The first-order valence-electron chi connectivity index (χ1n) is 37.9. The highest BCUT2D eigenvalue weighted by Crippen LogP contribution is 2.38. The Labute approximate surface area is 557 Å². The van der Waals surface area contributed by atoms with Crippen LogP contribution in [0.1, 0.15) is 348 Å². The van der Waals surface area contributed by atoms with Gasteiger partial charge in [0, 0.05) is 12.8 Å². The fraction of sp³-hybridized carbons (Fsp3) is 0.775. The van der Waals surface area contributed by atoms with Crippen LogP contribution in [0.4, 0.5) is 0 Å². The molecule has 10 heteroatoms. The molecule has 0 amide bonds. The van der Waals surface area contributed by atoms with E-state index in [1.54, 1.807) is 0 Å². The third kappa shape index (κ3) is 74.0. The number of carbonyl (C=O) groups is 2. The minimum Gasteiger partial charge on any atom is -0.756 e. The quantitative estimate of drug-likeness (QED) is 0.0195. The summed E-state index contributed by atoms with van der Waals surface area (Å²) < 4.78 is 34.4. The third-order valence-electron chi connectivity index (χ3n) is 16.6. The molecule has 0 aliphatic carbocycles. The van der Waals surface area contributed by atoms with Crippen molar-refractivity contribution in [1.29, 1.82) is 0 Å². The lowest BCUT2D eigenvalue weighted by atomic mass is 10.0. The summed E-state index contributed by atoms with van der Waals surface area (Å²) in [6.07, 6.45) is 98.0. The summed E-state index contributed by atoms with van der Waals surface area (Å²) in [5.74, 6) is -0.817. The highest BCUT2D eigenvalue weighted by molar-refractivity contribution is 7.45. The van der Waals surface area contributed by atoms with E-state index in [9.17, 15) is 19.0 Å². The van der Waals surface area contributed by atoms with Gasteiger partial charge < -0.3 is 27.9 Å². The van der Waals surface area contributed by atoms with E-state index < -0.39 is 26.5 Å². The van der Waals surface area contributed by atoms with Gasteiger partial charge >= 0.3 is 11.9 Å². The molecule has 0 aromatic rings. The first-order chi connectivity index (χ1) is 44.0. The Morgan fingerprint density at radius 2 is 0.600 bits per heavy atom. The first-order valence-corrected chi connectivity index (χ1v) is 39.4. The molecule has 0 radical (unpaired) electrons. The highest BCUT2D eigenvalue weighted by atomic mass is 31.2. The second-order valence-electron chi connectivity index (χ2n) is 26.6. The molecular weight excluding hydrogens is 1130 g/mol. The summed E-state index contributed by atoms with van der Waals surface area (Å²) in [7, 11) is 1.18. The lowest BCUT2D eigenvalue weighted by Gasteiger charge is -2.28. The number of nitrogens with zero attached hydrogens (tertiary/aromatic N) is 1. The minimum atomic E-state index is -4.65. The van der Waals surface area contributed by atoms with E-state index in [1.807, 2.05) is 21.1 Å². The van der Waals surface area contributed by atoms with Crippen molar-refractivity contribution < 1.29 is 42.1 Å². The van der Waals surface area contributed by atoms with Crippen molar-refractivity contribution in [2.75, 3.05) is 47.5 Å². The molecule has 9 nitrogen and oxygen atoms in total. The molecule has 0 saturated carbocycles. The molecule has 2 atom stereocenters. The summed E-state index contributed by atoms with van der Waals surface area (Å²) in [5.41, 5.74) is 0. The van der Waals surface area contributed by atoms with Gasteiger partial charge in [-0.05, 0) is 89.9 Å². The molecule has 0 heterocycles. The monoisotopic (exact) mass is 1280 g/mol. The zero-order chi connectivity index (χ0) is 65.5. The number of rotatable bonds is 70. The molecule has 90 heavy (non-hydrogen) atoms. The van der Waals surface area contributed by atoms with Crippen LogP contribution in [0.25, 0.3) is 0 Å². The molecule has 0 bridgehead atoms. The average Bonchev–Trinajstić information content (AvgIpc) is 3.56. The lowest BCUT2D eigenvalue weighted by Crippen LogP contribution is -2.37. The maximum absolute atomic E-state index is 12.9. The second-order valence-corrected chi connectivity index (χ2v) is 28.0. The molecule has 0 aliphatic heterocycles. The van der Waals surface area contributed by atoms with Crippen molar-refractivity contribution in [2.24, 2.45) is 0 Å². The first kappa shape index (κ1) is 86.9. The zero-order valence-corrected chi connectivity index (χ0v) is 60.5. The van der Waals surface area contributed by atoms with Crippen molar-refractivity contribution >= 4 is 19.8 Å². The average molecular weight is 1280 g/mol. The van der Waals surface area contributed by atoms with Crippen LogP contribution < -0.4 is 4.89 Å². The van der Waals surface area contributed by atoms with E-state index in [0.29, 0.717) is 17.4 Å². The largest absolute Gasteiger partial charge is 0.756 e. The number of phosphoric ester groups is 1. The lowest BCUT2D eigenvalue weighted by molar-refractivity contribution is -0.870. The second kappa shape index (κ2) is 70.3. The van der Waals surface area contributed by atoms with Gasteiger partial charge in [0.05, 0.1) is 27.7 Å². The van der Waals surface area contributed by atoms with Gasteiger partial charge in [0.2, 0.25) is 0 Å². The summed E-state index contributed by atoms with van der Waals surface area (Å²) >= 11 is 0. The van der Waals surface area contributed by atoms with E-state index in [1.165, 1.54) is 225 Å². The summed E-state index contributed by atoms with van der Waals surface area (Å²) in [4.78, 5) is 38.2. The smallest absolute Gasteiger partial charge is 0.306 e. The fourth-order valence-electron chi connectivity index (χ4n) is 10.9. The standard InChI is InChI=1S/C80H144NO8P/c1-6-8-10-12-14-16-18-20-22-24-26-28-30-32-34-36-38-40-42-44-46-48-50-52-54-56-58-60-62-64-66-68-70-72-79(82)86-76-78(77-88-90(84,85)87-75-74-81(3,4)5)89-80(83)73-71-69-67-65-63-61-59-57-55-53-51-49-47-45-43-41-39-37-35-33-31-29-27-25-23-21-19-17-15-13-11-9-7-2/h8-11,14-17,20-23,26-29,78H,6-7,12-13,18-19,24-25,30-77H2,1-5H3/b10-8-,11-9-,16-14-,17-15-,22-20-,23-21-,28-26-,29-27-. The predicted molar refractivity (Wildman–Crippen MR) is 388 cm³/mol. The predicted octanol–water partition coefficient (Wildman–Crippen LogP) is 24.4. The van der Waals surface area contributed by atoms with E-state index in [4.69, 9.17) is 18.5 Å². The van der Waals surface area contributed by atoms with Gasteiger partial charge in [0.15, 0.2) is 6.10 Å². The number of unbranched alkanes of at least 4 members (excludes halogenated alkanes) is 40. The molecule has 0 aromatic heterocycles. The molecular formula is C80H144NO8P. The van der Waals surface area contributed by atoms with Crippen LogP contribution in [0.2, 0.25) is 0 Å². The van der Waals surface area contributed by atoms with E-state index in [2.05, 4.69) is 111 Å². The van der Waals surface area contributed by atoms with Crippen LogP contribution in [0.3, 0.4) is 0 Å². The zero-order valence-electron chi connectivity index (χ0n) is 59.6. The number of phosphoric acid groups is 1. The van der Waals surface area contributed by atoms with Gasteiger partial charge in [0.25, 0.3) is 7.82 Å². The van der Waals surface area contributed by atoms with Crippen LogP contribution in [-0.2, 0) is 32.7 Å². The Balaban J connectivity index is 3.96. The Morgan fingerprint density at radius 1 is 0.344 bits per heavy atom. The maximum atomic E-state index is 12.9. The number of quaternary nitrogens is 1. The van der Waals surface area contributed by atoms with Crippen LogP contribution in [0.15, 0.2) is 97.2 Å². The highest BCUT2D eigenvalue weighted by Gasteiger charge is 2.22. The van der Waals surface area contributed by atoms with E-state index in [-0.39, 0.29) is 32.0 Å². The molecule has 0 saturated heterocycles. The number of esters is 2. The molecule has 0 spiro atoms. The van der Waals surface area contributed by atoms with Gasteiger partial charge in [-0.3, -0.25) is 14.2 Å². The van der Waals surface area contributed by atoms with Crippen LogP contribution >= 0.6 is 7.82 Å². The topological polar surface area (TPSA) is 111 Å².